The van der Waals surface area contributed by atoms with Crippen LogP contribution in [0.3, 0.4) is 0 Å². The Balaban J connectivity index is 2.63. The standard InChI is InChI=1S/C11H12ClN3/c1-6-3-4-8(12)5-9(6)10-7(2)11(13)15-14-10/h3-5H,1-2H3,(H3,13,14,15). The summed E-state index contributed by atoms with van der Waals surface area (Å²) in [7, 11) is 0. The van der Waals surface area contributed by atoms with E-state index >= 15 is 0 Å². The van der Waals surface area contributed by atoms with Gasteiger partial charge in [0.25, 0.3) is 0 Å². The van der Waals surface area contributed by atoms with Gasteiger partial charge in [-0.15, -0.1) is 0 Å². The molecule has 0 saturated carbocycles. The summed E-state index contributed by atoms with van der Waals surface area (Å²) in [4.78, 5) is 0. The Labute approximate surface area is 93.3 Å². The number of nitrogen functional groups attached to an aromatic ring is 1. The van der Waals surface area contributed by atoms with Gasteiger partial charge in [-0.05, 0) is 31.5 Å². The number of aryl methyl sites for hydroxylation is 1. The molecular weight excluding hydrogens is 210 g/mol. The fraction of sp³-hybridized carbons (Fsp3) is 0.182. The van der Waals surface area contributed by atoms with Crippen LogP contribution in [0.2, 0.25) is 5.02 Å². The second-order valence-corrected chi connectivity index (χ2v) is 4.00. The molecule has 4 heteroatoms. The van der Waals surface area contributed by atoms with Crippen molar-refractivity contribution < 1.29 is 0 Å². The number of rotatable bonds is 1. The van der Waals surface area contributed by atoms with Crippen LogP contribution in [-0.2, 0) is 0 Å². The second-order valence-electron chi connectivity index (χ2n) is 3.57. The highest BCUT2D eigenvalue weighted by Crippen LogP contribution is 2.29. The lowest BCUT2D eigenvalue weighted by Crippen LogP contribution is -1.88. The molecule has 0 amide bonds. The number of aromatic nitrogens is 2. The summed E-state index contributed by atoms with van der Waals surface area (Å²) in [6.45, 7) is 3.97. The molecule has 0 aliphatic carbocycles. The van der Waals surface area contributed by atoms with Crippen LogP contribution in [0.15, 0.2) is 18.2 Å². The molecule has 2 rings (SSSR count). The van der Waals surface area contributed by atoms with Crippen molar-refractivity contribution in [1.29, 1.82) is 0 Å². The highest BCUT2D eigenvalue weighted by atomic mass is 35.5. The average Bonchev–Trinajstić information content (AvgIpc) is 2.52. The number of nitrogens with two attached hydrogens (primary N) is 1. The molecule has 1 aromatic heterocycles. The Morgan fingerprint density at radius 1 is 1.33 bits per heavy atom. The molecule has 1 aromatic carbocycles. The maximum atomic E-state index is 5.96. The number of H-pyrrole nitrogens is 1. The zero-order valence-corrected chi connectivity index (χ0v) is 9.39. The number of nitrogens with one attached hydrogen (secondary N) is 1. The lowest BCUT2D eigenvalue weighted by molar-refractivity contribution is 1.10. The molecule has 0 bridgehead atoms. The first-order valence-electron chi connectivity index (χ1n) is 4.66. The minimum atomic E-state index is 0.532. The van der Waals surface area contributed by atoms with E-state index in [1.165, 1.54) is 0 Å². The number of halogens is 1. The topological polar surface area (TPSA) is 54.7 Å². The van der Waals surface area contributed by atoms with Crippen LogP contribution >= 0.6 is 11.6 Å². The van der Waals surface area contributed by atoms with E-state index in [1.54, 1.807) is 0 Å². The van der Waals surface area contributed by atoms with Crippen LogP contribution in [-0.4, -0.2) is 10.2 Å². The number of anilines is 1. The Morgan fingerprint density at radius 2 is 2.07 bits per heavy atom. The zero-order chi connectivity index (χ0) is 11.0. The summed E-state index contributed by atoms with van der Waals surface area (Å²) < 4.78 is 0. The van der Waals surface area contributed by atoms with Crippen molar-refractivity contribution in [3.05, 3.63) is 34.3 Å². The van der Waals surface area contributed by atoms with Gasteiger partial charge in [0.15, 0.2) is 0 Å². The van der Waals surface area contributed by atoms with E-state index in [4.69, 9.17) is 17.3 Å². The lowest BCUT2D eigenvalue weighted by Gasteiger charge is -2.05. The van der Waals surface area contributed by atoms with Crippen molar-refractivity contribution in [2.45, 2.75) is 13.8 Å². The Bertz CT molecular complexity index is 503. The number of benzene rings is 1. The van der Waals surface area contributed by atoms with Crippen LogP contribution < -0.4 is 5.73 Å². The van der Waals surface area contributed by atoms with Gasteiger partial charge in [-0.1, -0.05) is 17.7 Å². The van der Waals surface area contributed by atoms with Crippen molar-refractivity contribution in [2.24, 2.45) is 0 Å². The molecule has 78 valence electrons. The zero-order valence-electron chi connectivity index (χ0n) is 8.63. The summed E-state index contributed by atoms with van der Waals surface area (Å²) in [6, 6.07) is 5.76. The summed E-state index contributed by atoms with van der Waals surface area (Å²) in [5.74, 6) is 0.532. The molecule has 2 aromatic rings. The van der Waals surface area contributed by atoms with Crippen LogP contribution in [0.4, 0.5) is 5.82 Å². The molecule has 0 spiro atoms. The number of nitrogens with zero attached hydrogens (tertiary/aromatic N) is 1. The fourth-order valence-corrected chi connectivity index (χ4v) is 1.71. The molecule has 15 heavy (non-hydrogen) atoms. The lowest BCUT2D eigenvalue weighted by atomic mass is 10.0. The molecule has 3 N–H and O–H groups in total. The van der Waals surface area contributed by atoms with Gasteiger partial charge in [0.05, 0.1) is 5.69 Å². The smallest absolute Gasteiger partial charge is 0.148 e. The van der Waals surface area contributed by atoms with Gasteiger partial charge in [-0.2, -0.15) is 5.10 Å². The predicted molar refractivity (Wildman–Crippen MR) is 62.9 cm³/mol. The van der Waals surface area contributed by atoms with Crippen LogP contribution in [0.5, 0.6) is 0 Å². The third-order valence-corrected chi connectivity index (χ3v) is 2.75. The number of aromatic amines is 1. The summed E-state index contributed by atoms with van der Waals surface area (Å²) in [5, 5.41) is 7.61. The third-order valence-electron chi connectivity index (χ3n) is 2.52. The van der Waals surface area contributed by atoms with Gasteiger partial charge in [0.2, 0.25) is 0 Å². The maximum Gasteiger partial charge on any atom is 0.148 e. The third kappa shape index (κ3) is 1.70. The monoisotopic (exact) mass is 221 g/mol. The molecule has 1 heterocycles. The van der Waals surface area contributed by atoms with E-state index < -0.39 is 0 Å². The summed E-state index contributed by atoms with van der Waals surface area (Å²) >= 11 is 5.96. The Kier molecular flexibility index (Phi) is 2.40. The van der Waals surface area contributed by atoms with E-state index in [1.807, 2.05) is 32.0 Å². The molecule has 0 aliphatic heterocycles. The van der Waals surface area contributed by atoms with Gasteiger partial charge < -0.3 is 5.73 Å². The molecule has 3 nitrogen and oxygen atoms in total. The van der Waals surface area contributed by atoms with Crippen molar-refractivity contribution in [3.8, 4) is 11.3 Å². The maximum absolute atomic E-state index is 5.96. The first-order valence-corrected chi connectivity index (χ1v) is 5.04. The van der Waals surface area contributed by atoms with E-state index in [2.05, 4.69) is 10.2 Å². The van der Waals surface area contributed by atoms with Crippen LogP contribution in [0.25, 0.3) is 11.3 Å². The van der Waals surface area contributed by atoms with Gasteiger partial charge >= 0.3 is 0 Å². The van der Waals surface area contributed by atoms with E-state index in [-0.39, 0.29) is 0 Å². The molecule has 0 unspecified atom stereocenters. The van der Waals surface area contributed by atoms with Crippen molar-refractivity contribution in [3.63, 3.8) is 0 Å². The first-order chi connectivity index (χ1) is 7.09. The first kappa shape index (κ1) is 10.1. The van der Waals surface area contributed by atoms with Gasteiger partial charge in [0.1, 0.15) is 5.82 Å². The Hall–Kier alpha value is -1.48. The van der Waals surface area contributed by atoms with Gasteiger partial charge in [0, 0.05) is 16.1 Å². The van der Waals surface area contributed by atoms with E-state index in [0.29, 0.717) is 10.8 Å². The minimum Gasteiger partial charge on any atom is -0.382 e. The Morgan fingerprint density at radius 3 is 2.67 bits per heavy atom. The number of hydrogen-bond donors (Lipinski definition) is 2. The molecule has 0 fully saturated rings. The van der Waals surface area contributed by atoms with Gasteiger partial charge in [-0.3, -0.25) is 5.10 Å². The van der Waals surface area contributed by atoms with Crippen molar-refractivity contribution in [2.75, 3.05) is 5.73 Å². The second kappa shape index (κ2) is 3.59. The van der Waals surface area contributed by atoms with E-state index in [0.717, 1.165) is 22.4 Å². The minimum absolute atomic E-state index is 0.532. The van der Waals surface area contributed by atoms with Crippen LogP contribution in [0, 0.1) is 13.8 Å². The summed E-state index contributed by atoms with van der Waals surface area (Å²) in [6.07, 6.45) is 0. The van der Waals surface area contributed by atoms with Crippen molar-refractivity contribution >= 4 is 17.4 Å². The molecule has 0 aliphatic rings. The average molecular weight is 222 g/mol. The number of hydrogen-bond acceptors (Lipinski definition) is 2. The fourth-order valence-electron chi connectivity index (χ4n) is 1.54. The van der Waals surface area contributed by atoms with Crippen molar-refractivity contribution in [1.82, 2.24) is 10.2 Å². The quantitative estimate of drug-likeness (QED) is 0.778. The highest BCUT2D eigenvalue weighted by molar-refractivity contribution is 6.30. The SMILES string of the molecule is Cc1ccc(Cl)cc1-c1[nH]nc(N)c1C. The molecule has 0 saturated heterocycles. The predicted octanol–water partition coefficient (Wildman–Crippen LogP) is 2.93. The van der Waals surface area contributed by atoms with Crippen LogP contribution in [0.1, 0.15) is 11.1 Å². The largest absolute Gasteiger partial charge is 0.382 e. The molecular formula is C11H12ClN3. The molecule has 0 atom stereocenters. The molecule has 0 radical (unpaired) electrons. The van der Waals surface area contributed by atoms with Gasteiger partial charge in [-0.25, -0.2) is 0 Å². The normalized spacial score (nSPS) is 10.6. The summed E-state index contributed by atoms with van der Waals surface area (Å²) in [5.41, 5.74) is 9.78. The van der Waals surface area contributed by atoms with E-state index in [9.17, 15) is 0 Å². The highest BCUT2D eigenvalue weighted by Gasteiger charge is 2.10.